The summed E-state index contributed by atoms with van der Waals surface area (Å²) < 4.78 is 5.25. The molecule has 2 aromatic rings. The van der Waals surface area contributed by atoms with E-state index in [1.807, 2.05) is 48.7 Å². The fourth-order valence-electron chi connectivity index (χ4n) is 4.62. The average Bonchev–Trinajstić information content (AvgIpc) is 3.39. The molecule has 8 heteroatoms. The van der Waals surface area contributed by atoms with Gasteiger partial charge in [0.2, 0.25) is 5.91 Å². The van der Waals surface area contributed by atoms with Crippen molar-refractivity contribution in [2.45, 2.75) is 29.8 Å². The summed E-state index contributed by atoms with van der Waals surface area (Å²) in [6.45, 7) is -0.182. The second kappa shape index (κ2) is 8.35. The highest BCUT2D eigenvalue weighted by Gasteiger charge is 2.42. The first-order valence-electron chi connectivity index (χ1n) is 10.5. The number of aryl methyl sites for hydroxylation is 1. The third kappa shape index (κ3) is 3.64. The lowest BCUT2D eigenvalue weighted by Gasteiger charge is -2.32. The second-order valence-corrected chi connectivity index (χ2v) is 8.92. The van der Waals surface area contributed by atoms with Gasteiger partial charge in [-0.2, -0.15) is 0 Å². The number of nitrogens with zero attached hydrogens (tertiary/aromatic N) is 1. The maximum atomic E-state index is 13.0. The Labute approximate surface area is 190 Å². The van der Waals surface area contributed by atoms with E-state index >= 15 is 0 Å². The van der Waals surface area contributed by atoms with E-state index in [1.54, 1.807) is 11.8 Å². The molecule has 2 aromatic carbocycles. The van der Waals surface area contributed by atoms with Crippen molar-refractivity contribution < 1.29 is 19.1 Å². The van der Waals surface area contributed by atoms with Crippen molar-refractivity contribution >= 4 is 29.7 Å². The quantitative estimate of drug-likeness (QED) is 0.541. The van der Waals surface area contributed by atoms with Crippen LogP contribution in [0.2, 0.25) is 0 Å². The van der Waals surface area contributed by atoms with Gasteiger partial charge in [-0.25, -0.2) is 9.59 Å². The first-order chi connectivity index (χ1) is 15.5. The first-order valence-corrected chi connectivity index (χ1v) is 11.8. The molecule has 2 heterocycles. The SMILES string of the molecule is CSc1ccc([C@H]2NC(=O)N(CC(=O)N[C@@H]3CCc4ccccc43)C3=C2C(=O)OC3)cc1. The lowest BCUT2D eigenvalue weighted by atomic mass is 9.96. The van der Waals surface area contributed by atoms with Gasteiger partial charge in [0, 0.05) is 4.90 Å². The van der Waals surface area contributed by atoms with Gasteiger partial charge in [-0.15, -0.1) is 11.8 Å². The van der Waals surface area contributed by atoms with Gasteiger partial charge in [0.05, 0.1) is 23.4 Å². The van der Waals surface area contributed by atoms with Gasteiger partial charge < -0.3 is 15.4 Å². The number of ether oxygens (including phenoxy) is 1. The molecule has 164 valence electrons. The third-order valence-electron chi connectivity index (χ3n) is 6.22. The Hall–Kier alpha value is -3.26. The Morgan fingerprint density at radius 3 is 2.75 bits per heavy atom. The smallest absolute Gasteiger partial charge is 0.338 e. The van der Waals surface area contributed by atoms with E-state index in [0.29, 0.717) is 11.3 Å². The van der Waals surface area contributed by atoms with E-state index in [0.717, 1.165) is 28.9 Å². The van der Waals surface area contributed by atoms with E-state index < -0.39 is 18.0 Å². The Bertz CT molecular complexity index is 1130. The van der Waals surface area contributed by atoms with Gasteiger partial charge in [0.1, 0.15) is 13.2 Å². The number of hydrogen-bond acceptors (Lipinski definition) is 5. The predicted octanol–water partition coefficient (Wildman–Crippen LogP) is 3.09. The van der Waals surface area contributed by atoms with Crippen molar-refractivity contribution in [2.24, 2.45) is 0 Å². The summed E-state index contributed by atoms with van der Waals surface area (Å²) in [6, 6.07) is 14.7. The molecule has 3 amide bonds. The van der Waals surface area contributed by atoms with E-state index in [9.17, 15) is 14.4 Å². The number of carbonyl (C=O) groups is 3. The van der Waals surface area contributed by atoms with Crippen molar-refractivity contribution in [1.29, 1.82) is 0 Å². The van der Waals surface area contributed by atoms with E-state index in [2.05, 4.69) is 16.7 Å². The minimum atomic E-state index is -0.593. The van der Waals surface area contributed by atoms with E-state index in [1.165, 1.54) is 10.5 Å². The molecular formula is C24H23N3O4S. The molecule has 0 saturated heterocycles. The minimum absolute atomic E-state index is 0.0134. The zero-order valence-electron chi connectivity index (χ0n) is 17.6. The Morgan fingerprint density at radius 1 is 1.19 bits per heavy atom. The van der Waals surface area contributed by atoms with Crippen LogP contribution >= 0.6 is 11.8 Å². The largest absolute Gasteiger partial charge is 0.456 e. The normalized spacial score (nSPS) is 21.7. The van der Waals surface area contributed by atoms with Gasteiger partial charge in [0.25, 0.3) is 0 Å². The maximum absolute atomic E-state index is 13.0. The molecule has 2 N–H and O–H groups in total. The third-order valence-corrected chi connectivity index (χ3v) is 6.96. The van der Waals surface area contributed by atoms with Crippen molar-refractivity contribution in [3.63, 3.8) is 0 Å². The van der Waals surface area contributed by atoms with Crippen LogP contribution in [0.25, 0.3) is 0 Å². The Kier molecular flexibility index (Phi) is 5.38. The zero-order chi connectivity index (χ0) is 22.2. The van der Waals surface area contributed by atoms with Gasteiger partial charge in [-0.05, 0) is 47.9 Å². The zero-order valence-corrected chi connectivity index (χ0v) is 18.4. The number of benzene rings is 2. The fraction of sp³-hybridized carbons (Fsp3) is 0.292. The molecule has 0 aromatic heterocycles. The molecule has 2 atom stereocenters. The predicted molar refractivity (Wildman–Crippen MR) is 120 cm³/mol. The van der Waals surface area contributed by atoms with Gasteiger partial charge in [-0.1, -0.05) is 36.4 Å². The molecule has 3 aliphatic rings. The highest BCUT2D eigenvalue weighted by molar-refractivity contribution is 7.98. The summed E-state index contributed by atoms with van der Waals surface area (Å²) in [4.78, 5) is 40.7. The Balaban J connectivity index is 1.36. The molecule has 0 radical (unpaired) electrons. The van der Waals surface area contributed by atoms with Crippen molar-refractivity contribution in [3.05, 3.63) is 76.5 Å². The van der Waals surface area contributed by atoms with E-state index in [4.69, 9.17) is 4.74 Å². The summed E-state index contributed by atoms with van der Waals surface area (Å²) in [7, 11) is 0. The molecule has 0 saturated carbocycles. The van der Waals surface area contributed by atoms with Crippen LogP contribution in [0.15, 0.2) is 64.7 Å². The van der Waals surface area contributed by atoms with Gasteiger partial charge in [0.15, 0.2) is 0 Å². The summed E-state index contributed by atoms with van der Waals surface area (Å²) in [6.07, 6.45) is 3.74. The average molecular weight is 450 g/mol. The number of urea groups is 1. The highest BCUT2D eigenvalue weighted by Crippen LogP contribution is 2.36. The molecule has 0 fully saturated rings. The maximum Gasteiger partial charge on any atom is 0.338 e. The summed E-state index contributed by atoms with van der Waals surface area (Å²) in [5.74, 6) is -0.732. The lowest BCUT2D eigenvalue weighted by molar-refractivity contribution is -0.136. The number of nitrogens with one attached hydrogen (secondary N) is 2. The van der Waals surface area contributed by atoms with Crippen LogP contribution in [0.4, 0.5) is 4.79 Å². The van der Waals surface area contributed by atoms with Crippen LogP contribution < -0.4 is 10.6 Å². The number of fused-ring (bicyclic) bond motifs is 1. The molecule has 7 nitrogen and oxygen atoms in total. The van der Waals surface area contributed by atoms with Crippen LogP contribution in [0.1, 0.15) is 35.2 Å². The first kappa shape index (κ1) is 20.6. The molecule has 5 rings (SSSR count). The van der Waals surface area contributed by atoms with Crippen LogP contribution in [-0.2, 0) is 20.7 Å². The van der Waals surface area contributed by atoms with Crippen LogP contribution in [-0.4, -0.2) is 42.2 Å². The van der Waals surface area contributed by atoms with Crippen LogP contribution in [0, 0.1) is 0 Å². The van der Waals surface area contributed by atoms with Gasteiger partial charge >= 0.3 is 12.0 Å². The van der Waals surface area contributed by atoms with Crippen molar-refractivity contribution in [3.8, 4) is 0 Å². The monoisotopic (exact) mass is 449 g/mol. The number of cyclic esters (lactones) is 1. The minimum Gasteiger partial charge on any atom is -0.456 e. The van der Waals surface area contributed by atoms with Crippen LogP contribution in [0.3, 0.4) is 0 Å². The number of esters is 1. The molecule has 32 heavy (non-hydrogen) atoms. The van der Waals surface area contributed by atoms with Crippen LogP contribution in [0.5, 0.6) is 0 Å². The molecular weight excluding hydrogens is 426 g/mol. The molecule has 1 aliphatic carbocycles. The molecule has 0 bridgehead atoms. The number of rotatable bonds is 5. The number of thioether (sulfide) groups is 1. The number of amides is 3. The summed E-state index contributed by atoms with van der Waals surface area (Å²) in [5, 5.41) is 5.92. The molecule has 2 aliphatic heterocycles. The number of hydrogen-bond donors (Lipinski definition) is 2. The van der Waals surface area contributed by atoms with Crippen molar-refractivity contribution in [2.75, 3.05) is 19.4 Å². The number of carbonyl (C=O) groups excluding carboxylic acids is 3. The molecule has 0 spiro atoms. The standard InChI is InChI=1S/C24H23N3O4S/c1-32-16-9-6-15(7-10-16)22-21-19(13-31-23(21)29)27(24(30)26-22)12-20(28)25-18-11-8-14-4-2-3-5-17(14)18/h2-7,9-10,18,22H,8,11-13H2,1H3,(H,25,28)(H,26,30)/t18-,22-/m1/s1. The fourth-order valence-corrected chi connectivity index (χ4v) is 5.02. The van der Waals surface area contributed by atoms with Gasteiger partial charge in [-0.3, -0.25) is 9.69 Å². The lowest BCUT2D eigenvalue weighted by Crippen LogP contribution is -2.50. The molecule has 0 unspecified atom stereocenters. The second-order valence-electron chi connectivity index (χ2n) is 8.04. The van der Waals surface area contributed by atoms with Crippen molar-refractivity contribution in [1.82, 2.24) is 15.5 Å². The summed E-state index contributed by atoms with van der Waals surface area (Å²) >= 11 is 1.62. The Morgan fingerprint density at radius 2 is 1.97 bits per heavy atom. The highest BCUT2D eigenvalue weighted by atomic mass is 32.2. The summed E-state index contributed by atoms with van der Waals surface area (Å²) in [5.41, 5.74) is 4.01. The van der Waals surface area contributed by atoms with E-state index in [-0.39, 0.29) is 25.1 Å². The topological polar surface area (TPSA) is 87.7 Å².